The van der Waals surface area contributed by atoms with E-state index in [2.05, 4.69) is 10.3 Å². The number of alkyl halides is 1. The monoisotopic (exact) mass is 306 g/mol. The molecule has 1 unspecified atom stereocenters. The van der Waals surface area contributed by atoms with Gasteiger partial charge in [-0.05, 0) is 24.1 Å². The van der Waals surface area contributed by atoms with Crippen molar-refractivity contribution in [2.75, 3.05) is 7.11 Å². The number of aromatic amines is 1. The molecule has 2 N–H and O–H groups in total. The minimum Gasteiger partial charge on any atom is -0.467 e. The van der Waals surface area contributed by atoms with Gasteiger partial charge in [0.05, 0.1) is 7.11 Å². The van der Waals surface area contributed by atoms with E-state index in [1.807, 2.05) is 24.4 Å². The normalized spacial score (nSPS) is 25.1. The Morgan fingerprint density at radius 1 is 1.48 bits per heavy atom. The van der Waals surface area contributed by atoms with Gasteiger partial charge in [0, 0.05) is 23.5 Å². The van der Waals surface area contributed by atoms with Crippen LogP contribution < -0.4 is 5.32 Å². The molecular formula is C15H15ClN2O3. The van der Waals surface area contributed by atoms with Gasteiger partial charge in [-0.2, -0.15) is 0 Å². The summed E-state index contributed by atoms with van der Waals surface area (Å²) in [4.78, 5) is 26.2. The van der Waals surface area contributed by atoms with E-state index in [0.29, 0.717) is 6.42 Å². The van der Waals surface area contributed by atoms with Gasteiger partial charge in [-0.25, -0.2) is 4.79 Å². The van der Waals surface area contributed by atoms with Gasteiger partial charge in [-0.3, -0.25) is 4.79 Å². The molecule has 2 aromatic rings. The fraction of sp³-hybridized carbons (Fsp3) is 0.333. The number of carbonyl (C=O) groups is 2. The van der Waals surface area contributed by atoms with E-state index in [1.54, 1.807) is 6.92 Å². The van der Waals surface area contributed by atoms with E-state index >= 15 is 0 Å². The van der Waals surface area contributed by atoms with Crippen molar-refractivity contribution in [3.8, 4) is 0 Å². The molecule has 0 bridgehead atoms. The molecule has 0 fully saturated rings. The average Bonchev–Trinajstić information content (AvgIpc) is 2.87. The van der Waals surface area contributed by atoms with Crippen LogP contribution in [0.5, 0.6) is 0 Å². The minimum absolute atomic E-state index is 0.363. The molecule has 110 valence electrons. The lowest BCUT2D eigenvalue weighted by Crippen LogP contribution is -2.49. The third-order valence-electron chi connectivity index (χ3n) is 3.93. The quantitative estimate of drug-likeness (QED) is 0.624. The van der Waals surface area contributed by atoms with Crippen LogP contribution in [0.15, 0.2) is 24.4 Å². The van der Waals surface area contributed by atoms with Crippen molar-refractivity contribution in [1.82, 2.24) is 10.3 Å². The zero-order valence-corrected chi connectivity index (χ0v) is 12.5. The molecule has 3 rings (SSSR count). The first-order chi connectivity index (χ1) is 9.95. The van der Waals surface area contributed by atoms with Crippen molar-refractivity contribution in [1.29, 1.82) is 0 Å². The maximum absolute atomic E-state index is 12.4. The van der Waals surface area contributed by atoms with Crippen molar-refractivity contribution >= 4 is 34.4 Å². The maximum Gasteiger partial charge on any atom is 0.328 e. The number of carbonyl (C=O) groups excluding carboxylic acids is 2. The van der Waals surface area contributed by atoms with Crippen molar-refractivity contribution in [2.45, 2.75) is 24.3 Å². The number of ether oxygens (including phenoxy) is 1. The minimum atomic E-state index is -1.25. The Balaban J connectivity index is 2.24. The zero-order valence-electron chi connectivity index (χ0n) is 11.7. The van der Waals surface area contributed by atoms with Crippen LogP contribution in [0.1, 0.15) is 18.1 Å². The van der Waals surface area contributed by atoms with Crippen LogP contribution in [0.3, 0.4) is 0 Å². The number of benzene rings is 1. The molecule has 0 saturated carbocycles. The third-order valence-corrected chi connectivity index (χ3v) is 4.31. The van der Waals surface area contributed by atoms with E-state index in [9.17, 15) is 9.59 Å². The van der Waals surface area contributed by atoms with Gasteiger partial charge in [0.15, 0.2) is 0 Å². The average molecular weight is 307 g/mol. The summed E-state index contributed by atoms with van der Waals surface area (Å²) < 4.78 is 4.76. The SMILES string of the molecule is COC(=O)[C@@H]1Cc2c[nH]c3cccc(c23)C(C)(Cl)C(=O)N1. The first kappa shape index (κ1) is 13.9. The van der Waals surface area contributed by atoms with E-state index in [1.165, 1.54) is 7.11 Å². The van der Waals surface area contributed by atoms with Gasteiger partial charge < -0.3 is 15.0 Å². The molecule has 2 heterocycles. The number of halogens is 1. The Labute approximate surface area is 126 Å². The van der Waals surface area contributed by atoms with Crippen LogP contribution in [-0.4, -0.2) is 30.0 Å². The third kappa shape index (κ3) is 2.08. The molecule has 1 amide bonds. The number of nitrogens with one attached hydrogen (secondary N) is 2. The molecule has 0 saturated heterocycles. The number of aromatic nitrogens is 1. The smallest absolute Gasteiger partial charge is 0.328 e. The van der Waals surface area contributed by atoms with Gasteiger partial charge in [-0.15, -0.1) is 11.6 Å². The highest BCUT2D eigenvalue weighted by Crippen LogP contribution is 2.37. The molecule has 0 radical (unpaired) electrons. The van der Waals surface area contributed by atoms with Crippen molar-refractivity contribution in [3.05, 3.63) is 35.5 Å². The second-order valence-electron chi connectivity index (χ2n) is 5.30. The van der Waals surface area contributed by atoms with Crippen molar-refractivity contribution in [3.63, 3.8) is 0 Å². The van der Waals surface area contributed by atoms with Crippen molar-refractivity contribution in [2.24, 2.45) is 0 Å². The van der Waals surface area contributed by atoms with Crippen LogP contribution in [0.25, 0.3) is 10.9 Å². The van der Waals surface area contributed by atoms with Crippen LogP contribution in [-0.2, 0) is 25.6 Å². The number of hydrogen-bond donors (Lipinski definition) is 2. The zero-order chi connectivity index (χ0) is 15.2. The highest BCUT2D eigenvalue weighted by atomic mass is 35.5. The largest absolute Gasteiger partial charge is 0.467 e. The number of H-pyrrole nitrogens is 1. The van der Waals surface area contributed by atoms with E-state index in [0.717, 1.165) is 22.0 Å². The summed E-state index contributed by atoms with van der Waals surface area (Å²) >= 11 is 6.49. The van der Waals surface area contributed by atoms with Crippen LogP contribution in [0, 0.1) is 0 Å². The maximum atomic E-state index is 12.4. The Hall–Kier alpha value is -2.01. The predicted octanol–water partition coefficient (Wildman–Crippen LogP) is 1.84. The van der Waals surface area contributed by atoms with Gasteiger partial charge in [0.2, 0.25) is 5.91 Å². The number of methoxy groups -OCH3 is 1. The Morgan fingerprint density at radius 2 is 2.24 bits per heavy atom. The summed E-state index contributed by atoms with van der Waals surface area (Å²) in [5.74, 6) is -0.886. The molecule has 0 aliphatic carbocycles. The van der Waals surface area contributed by atoms with Gasteiger partial charge in [-0.1, -0.05) is 12.1 Å². The summed E-state index contributed by atoms with van der Waals surface area (Å²) in [6.45, 7) is 1.63. The van der Waals surface area contributed by atoms with Crippen molar-refractivity contribution < 1.29 is 14.3 Å². The number of rotatable bonds is 1. The molecule has 1 aromatic heterocycles. The number of esters is 1. The van der Waals surface area contributed by atoms with Crippen LogP contribution in [0.2, 0.25) is 0 Å². The first-order valence-electron chi connectivity index (χ1n) is 6.62. The summed E-state index contributed by atoms with van der Waals surface area (Å²) in [7, 11) is 1.30. The molecule has 21 heavy (non-hydrogen) atoms. The topological polar surface area (TPSA) is 71.2 Å². The van der Waals surface area contributed by atoms with E-state index in [4.69, 9.17) is 16.3 Å². The highest BCUT2D eigenvalue weighted by molar-refractivity contribution is 6.35. The summed E-state index contributed by atoms with van der Waals surface area (Å²) in [6, 6.07) is 4.87. The Morgan fingerprint density at radius 3 is 2.95 bits per heavy atom. The lowest BCUT2D eigenvalue weighted by molar-refractivity contribution is -0.145. The molecule has 1 aliphatic heterocycles. The molecule has 1 aromatic carbocycles. The van der Waals surface area contributed by atoms with Gasteiger partial charge in [0.1, 0.15) is 10.9 Å². The standard InChI is InChI=1S/C15H15ClN2O3/c1-15(16)9-4-3-5-10-12(9)8(7-17-10)6-11(13(19)21-2)18-14(15)20/h3-5,7,11,17H,6H2,1-2H3,(H,18,20)/t11-,15?/m0/s1. The lowest BCUT2D eigenvalue weighted by Gasteiger charge is -2.28. The first-order valence-corrected chi connectivity index (χ1v) is 7.00. The van der Waals surface area contributed by atoms with Crippen LogP contribution >= 0.6 is 11.6 Å². The molecule has 0 spiro atoms. The van der Waals surface area contributed by atoms with Gasteiger partial charge >= 0.3 is 5.97 Å². The molecule has 1 aliphatic rings. The Bertz CT molecular complexity index is 736. The van der Waals surface area contributed by atoms with Crippen LogP contribution in [0.4, 0.5) is 0 Å². The fourth-order valence-electron chi connectivity index (χ4n) is 2.78. The molecular weight excluding hydrogens is 292 g/mol. The number of hydrogen-bond acceptors (Lipinski definition) is 3. The molecule has 6 heteroatoms. The molecule has 2 atom stereocenters. The fourth-order valence-corrected chi connectivity index (χ4v) is 2.99. The Kier molecular flexibility index (Phi) is 3.17. The summed E-state index contributed by atoms with van der Waals surface area (Å²) in [5, 5.41) is 3.58. The summed E-state index contributed by atoms with van der Waals surface area (Å²) in [5.41, 5.74) is 2.56. The van der Waals surface area contributed by atoms with E-state index < -0.39 is 22.8 Å². The second kappa shape index (κ2) is 4.77. The number of amides is 1. The predicted molar refractivity (Wildman–Crippen MR) is 79.2 cm³/mol. The van der Waals surface area contributed by atoms with E-state index in [-0.39, 0.29) is 0 Å². The molecule has 5 nitrogen and oxygen atoms in total. The van der Waals surface area contributed by atoms with Gasteiger partial charge in [0.25, 0.3) is 0 Å². The second-order valence-corrected chi connectivity index (χ2v) is 6.05. The summed E-state index contributed by atoms with van der Waals surface area (Å²) in [6.07, 6.45) is 2.21. The highest BCUT2D eigenvalue weighted by Gasteiger charge is 2.39. The lowest BCUT2D eigenvalue weighted by atomic mass is 9.90.